The number of benzene rings is 1. The van der Waals surface area contributed by atoms with Crippen molar-refractivity contribution in [3.63, 3.8) is 0 Å². The van der Waals surface area contributed by atoms with Crippen LogP contribution in [0.4, 0.5) is 0 Å². The molecule has 0 bridgehead atoms. The Morgan fingerprint density at radius 1 is 1.32 bits per heavy atom. The average Bonchev–Trinajstić information content (AvgIpc) is 2.43. The van der Waals surface area contributed by atoms with Crippen LogP contribution in [-0.2, 0) is 19.0 Å². The van der Waals surface area contributed by atoms with Gasteiger partial charge >= 0.3 is 5.97 Å². The van der Waals surface area contributed by atoms with Gasteiger partial charge in [-0.1, -0.05) is 52.9 Å². The second kappa shape index (κ2) is 9.28. The molecule has 0 aliphatic carbocycles. The molecule has 0 aliphatic rings. The number of esters is 1. The Kier molecular flexibility index (Phi) is 8.00. The molecule has 106 valence electrons. The highest BCUT2D eigenvalue weighted by atomic mass is 127. The SMILES string of the molecule is CO[C@@H](CI)C[C@H](OCOC(C)=O)c1ccccc1. The lowest BCUT2D eigenvalue weighted by Gasteiger charge is -2.22. The number of carbonyl (C=O) groups excluding carboxylic acids is 1. The standard InChI is InChI=1S/C14H19IO4/c1-11(16)18-10-19-14(8-13(9-15)17-2)12-6-4-3-5-7-12/h3-7,13-14H,8-10H2,1-2H3/t13-,14+/m1/s1. The smallest absolute Gasteiger partial charge is 0.304 e. The molecule has 0 aliphatic heterocycles. The van der Waals surface area contributed by atoms with Gasteiger partial charge in [0.2, 0.25) is 0 Å². The number of methoxy groups -OCH3 is 1. The van der Waals surface area contributed by atoms with Gasteiger partial charge in [-0.3, -0.25) is 4.79 Å². The number of halogens is 1. The Hall–Kier alpha value is -0.660. The first-order valence-electron chi connectivity index (χ1n) is 6.06. The normalized spacial score (nSPS) is 13.8. The molecule has 1 aromatic rings. The molecule has 1 aromatic carbocycles. The van der Waals surface area contributed by atoms with Crippen LogP contribution in [0.25, 0.3) is 0 Å². The molecule has 1 rings (SSSR count). The van der Waals surface area contributed by atoms with Crippen LogP contribution >= 0.6 is 22.6 Å². The highest BCUT2D eigenvalue weighted by Crippen LogP contribution is 2.24. The van der Waals surface area contributed by atoms with Crippen molar-refractivity contribution in [1.82, 2.24) is 0 Å². The van der Waals surface area contributed by atoms with Crippen LogP contribution in [-0.4, -0.2) is 30.4 Å². The fourth-order valence-corrected chi connectivity index (χ4v) is 2.35. The summed E-state index contributed by atoms with van der Waals surface area (Å²) >= 11 is 2.28. The van der Waals surface area contributed by atoms with Crippen molar-refractivity contribution in [2.75, 3.05) is 18.3 Å². The van der Waals surface area contributed by atoms with Crippen LogP contribution in [0, 0.1) is 0 Å². The van der Waals surface area contributed by atoms with Crippen LogP contribution < -0.4 is 0 Å². The highest BCUT2D eigenvalue weighted by Gasteiger charge is 2.18. The van der Waals surface area contributed by atoms with Gasteiger partial charge in [-0.15, -0.1) is 0 Å². The second-order valence-electron chi connectivity index (χ2n) is 4.07. The number of hydrogen-bond acceptors (Lipinski definition) is 4. The maximum Gasteiger partial charge on any atom is 0.304 e. The molecule has 2 atom stereocenters. The van der Waals surface area contributed by atoms with Gasteiger partial charge in [0.15, 0.2) is 6.79 Å². The quantitative estimate of drug-likeness (QED) is 0.302. The van der Waals surface area contributed by atoms with Gasteiger partial charge in [0.05, 0.1) is 12.2 Å². The Labute approximate surface area is 127 Å². The molecule has 0 radical (unpaired) electrons. The van der Waals surface area contributed by atoms with Gasteiger partial charge in [-0.25, -0.2) is 0 Å². The Bertz CT molecular complexity index is 365. The number of alkyl halides is 1. The molecule has 0 saturated carbocycles. The van der Waals surface area contributed by atoms with Crippen molar-refractivity contribution < 1.29 is 19.0 Å². The molecule has 0 N–H and O–H groups in total. The van der Waals surface area contributed by atoms with Crippen LogP contribution in [0.1, 0.15) is 25.0 Å². The van der Waals surface area contributed by atoms with Crippen LogP contribution in [0.3, 0.4) is 0 Å². The minimum absolute atomic E-state index is 0.0351. The summed E-state index contributed by atoms with van der Waals surface area (Å²) in [6, 6.07) is 9.88. The van der Waals surface area contributed by atoms with Gasteiger partial charge < -0.3 is 14.2 Å². The third-order valence-electron chi connectivity index (χ3n) is 2.69. The van der Waals surface area contributed by atoms with Crippen molar-refractivity contribution in [3.8, 4) is 0 Å². The van der Waals surface area contributed by atoms with Crippen molar-refractivity contribution in [2.24, 2.45) is 0 Å². The zero-order valence-electron chi connectivity index (χ0n) is 11.2. The van der Waals surface area contributed by atoms with Crippen molar-refractivity contribution in [2.45, 2.75) is 25.6 Å². The lowest BCUT2D eigenvalue weighted by molar-refractivity contribution is -0.160. The summed E-state index contributed by atoms with van der Waals surface area (Å²) in [4.78, 5) is 10.8. The fraction of sp³-hybridized carbons (Fsp3) is 0.500. The molecule has 0 saturated heterocycles. The van der Waals surface area contributed by atoms with E-state index in [0.717, 1.165) is 16.4 Å². The van der Waals surface area contributed by atoms with Crippen LogP contribution in [0.5, 0.6) is 0 Å². The lowest BCUT2D eigenvalue weighted by atomic mass is 10.0. The molecule has 0 heterocycles. The molecule has 19 heavy (non-hydrogen) atoms. The zero-order valence-corrected chi connectivity index (χ0v) is 13.3. The predicted molar refractivity (Wildman–Crippen MR) is 81.2 cm³/mol. The topological polar surface area (TPSA) is 44.8 Å². The van der Waals surface area contributed by atoms with Crippen LogP contribution in [0.2, 0.25) is 0 Å². The molecule has 0 spiro atoms. The van der Waals surface area contributed by atoms with E-state index in [4.69, 9.17) is 14.2 Å². The minimum Gasteiger partial charge on any atom is -0.439 e. The summed E-state index contributed by atoms with van der Waals surface area (Å²) in [6.45, 7) is 1.33. The molecular formula is C14H19IO4. The van der Waals surface area contributed by atoms with Gasteiger partial charge in [-0.05, 0) is 5.56 Å². The monoisotopic (exact) mass is 378 g/mol. The van der Waals surface area contributed by atoms with Gasteiger partial charge in [-0.2, -0.15) is 0 Å². The first kappa shape index (κ1) is 16.4. The highest BCUT2D eigenvalue weighted by molar-refractivity contribution is 14.1. The first-order chi connectivity index (χ1) is 9.17. The molecule has 0 aromatic heterocycles. The van der Waals surface area contributed by atoms with Crippen molar-refractivity contribution in [1.29, 1.82) is 0 Å². The van der Waals surface area contributed by atoms with Gasteiger partial charge in [0.25, 0.3) is 0 Å². The third kappa shape index (κ3) is 6.35. The molecule has 0 fully saturated rings. The summed E-state index contributed by atoms with van der Waals surface area (Å²) < 4.78 is 16.8. The predicted octanol–water partition coefficient (Wildman–Crippen LogP) is 3.11. The van der Waals surface area contributed by atoms with Gasteiger partial charge in [0.1, 0.15) is 0 Å². The molecule has 5 heteroatoms. The van der Waals surface area contributed by atoms with E-state index in [0.29, 0.717) is 0 Å². The first-order valence-corrected chi connectivity index (χ1v) is 7.58. The second-order valence-corrected chi connectivity index (χ2v) is 4.95. The van der Waals surface area contributed by atoms with E-state index in [1.165, 1.54) is 6.92 Å². The maximum atomic E-state index is 10.8. The van der Waals surface area contributed by atoms with E-state index < -0.39 is 0 Å². The zero-order chi connectivity index (χ0) is 14.1. The number of rotatable bonds is 8. The molecule has 4 nitrogen and oxygen atoms in total. The summed E-state index contributed by atoms with van der Waals surface area (Å²) in [5.41, 5.74) is 1.06. The lowest BCUT2D eigenvalue weighted by Crippen LogP contribution is -2.19. The van der Waals surface area contributed by atoms with E-state index >= 15 is 0 Å². The van der Waals surface area contributed by atoms with E-state index in [2.05, 4.69) is 22.6 Å². The minimum atomic E-state index is -0.344. The van der Waals surface area contributed by atoms with Crippen molar-refractivity contribution >= 4 is 28.6 Å². The van der Waals surface area contributed by atoms with E-state index in [1.54, 1.807) is 7.11 Å². The fourth-order valence-electron chi connectivity index (χ4n) is 1.63. The number of ether oxygens (including phenoxy) is 3. The van der Waals surface area contributed by atoms with E-state index in [-0.39, 0.29) is 25.0 Å². The number of carbonyl (C=O) groups is 1. The third-order valence-corrected chi connectivity index (χ3v) is 3.67. The van der Waals surface area contributed by atoms with E-state index in [9.17, 15) is 4.79 Å². The van der Waals surface area contributed by atoms with E-state index in [1.807, 2.05) is 30.3 Å². The largest absolute Gasteiger partial charge is 0.439 e. The van der Waals surface area contributed by atoms with Crippen molar-refractivity contribution in [3.05, 3.63) is 35.9 Å². The summed E-state index contributed by atoms with van der Waals surface area (Å²) in [6.07, 6.45) is 0.702. The van der Waals surface area contributed by atoms with Gasteiger partial charge in [0, 0.05) is 24.9 Å². The van der Waals surface area contributed by atoms with Crippen LogP contribution in [0.15, 0.2) is 30.3 Å². The summed E-state index contributed by atoms with van der Waals surface area (Å²) in [5, 5.41) is 0. The average molecular weight is 378 g/mol. The number of hydrogen-bond donors (Lipinski definition) is 0. The Balaban J connectivity index is 2.65. The Morgan fingerprint density at radius 3 is 2.53 bits per heavy atom. The summed E-state index contributed by atoms with van der Waals surface area (Å²) in [7, 11) is 1.69. The molecular weight excluding hydrogens is 359 g/mol. The maximum absolute atomic E-state index is 10.8. The molecule has 0 amide bonds. The summed E-state index contributed by atoms with van der Waals surface area (Å²) in [5.74, 6) is -0.344. The molecule has 0 unspecified atom stereocenters. The Morgan fingerprint density at radius 2 is 2.00 bits per heavy atom.